The fraction of sp³-hybridized carbons (Fsp3) is 0.538. The first-order chi connectivity index (χ1) is 9.92. The third-order valence-corrected chi connectivity index (χ3v) is 6.34. The predicted octanol–water partition coefficient (Wildman–Crippen LogP) is 0.890. The zero-order chi connectivity index (χ0) is 15.5. The Morgan fingerprint density at radius 1 is 1.33 bits per heavy atom. The second-order valence-corrected chi connectivity index (χ2v) is 8.48. The lowest BCUT2D eigenvalue weighted by atomic mass is 10.1. The van der Waals surface area contributed by atoms with Crippen LogP contribution < -0.4 is 15.8 Å². The van der Waals surface area contributed by atoms with E-state index in [1.54, 1.807) is 19.1 Å². The molecule has 0 spiro atoms. The highest BCUT2D eigenvalue weighted by molar-refractivity contribution is 7.89. The highest BCUT2D eigenvalue weighted by Crippen LogP contribution is 2.25. The lowest BCUT2D eigenvalue weighted by Gasteiger charge is -2.24. The number of hydrogen-bond donors (Lipinski definition) is 3. The first-order valence-corrected chi connectivity index (χ1v) is 9.90. The first kappa shape index (κ1) is 16.3. The van der Waals surface area contributed by atoms with E-state index in [1.165, 1.54) is 6.07 Å². The minimum atomic E-state index is -3.49. The smallest absolute Gasteiger partial charge is 0.240 e. The van der Waals surface area contributed by atoms with Crippen molar-refractivity contribution in [3.63, 3.8) is 0 Å². The molecule has 1 heterocycles. The monoisotopic (exact) mass is 331 g/mol. The fourth-order valence-corrected chi connectivity index (χ4v) is 4.62. The molecule has 0 bridgehead atoms. The number of anilines is 2. The summed E-state index contributed by atoms with van der Waals surface area (Å²) in [5.74, 6) is 1.35. The van der Waals surface area contributed by atoms with Crippen LogP contribution in [0.2, 0.25) is 0 Å². The molecule has 0 saturated carbocycles. The van der Waals surface area contributed by atoms with Crippen molar-refractivity contribution in [2.24, 2.45) is 0 Å². The Kier molecular flexibility index (Phi) is 5.23. The summed E-state index contributed by atoms with van der Waals surface area (Å²) in [6.07, 6.45) is 1.60. The third kappa shape index (κ3) is 4.18. The van der Waals surface area contributed by atoms with Gasteiger partial charge in [-0.3, -0.25) is 4.21 Å². The molecule has 118 valence electrons. The summed E-state index contributed by atoms with van der Waals surface area (Å²) in [6, 6.07) is 4.82. The van der Waals surface area contributed by atoms with Gasteiger partial charge in [-0.15, -0.1) is 0 Å². The second kappa shape index (κ2) is 6.76. The molecule has 0 atom stereocenters. The number of rotatable bonds is 5. The Bertz CT molecular complexity index is 622. The second-order valence-electron chi connectivity index (χ2n) is 5.02. The Labute approximate surface area is 128 Å². The molecule has 6 nitrogen and oxygen atoms in total. The van der Waals surface area contributed by atoms with E-state index < -0.39 is 20.8 Å². The number of benzene rings is 1. The lowest BCUT2D eigenvalue weighted by molar-refractivity contribution is 0.584. The van der Waals surface area contributed by atoms with E-state index in [1.807, 2.05) is 0 Å². The van der Waals surface area contributed by atoms with Gasteiger partial charge in [-0.05, 0) is 31.0 Å². The van der Waals surface area contributed by atoms with Crippen LogP contribution in [0.3, 0.4) is 0 Å². The molecular formula is C13H21N3O3S2. The lowest BCUT2D eigenvalue weighted by Crippen LogP contribution is -2.30. The summed E-state index contributed by atoms with van der Waals surface area (Å²) >= 11 is 0. The van der Waals surface area contributed by atoms with E-state index in [4.69, 9.17) is 5.73 Å². The SMILES string of the molecule is CCNS(=O)(=O)c1ccc(N)c(NC2CCS(=O)CC2)c1. The summed E-state index contributed by atoms with van der Waals surface area (Å²) in [5, 5.41) is 3.27. The van der Waals surface area contributed by atoms with Gasteiger partial charge >= 0.3 is 0 Å². The highest BCUT2D eigenvalue weighted by atomic mass is 32.2. The molecule has 0 radical (unpaired) electrons. The zero-order valence-electron chi connectivity index (χ0n) is 12.0. The molecule has 0 amide bonds. The van der Waals surface area contributed by atoms with E-state index in [0.717, 1.165) is 12.8 Å². The van der Waals surface area contributed by atoms with Gasteiger partial charge in [0.2, 0.25) is 10.0 Å². The molecule has 1 aliphatic rings. The molecule has 0 unspecified atom stereocenters. The maximum absolute atomic E-state index is 12.0. The normalized spacial score (nSPS) is 22.9. The molecule has 1 fully saturated rings. The molecule has 2 rings (SSSR count). The zero-order valence-corrected chi connectivity index (χ0v) is 13.6. The van der Waals surface area contributed by atoms with Crippen LogP contribution in [0, 0.1) is 0 Å². The van der Waals surface area contributed by atoms with Gasteiger partial charge in [-0.2, -0.15) is 0 Å². The maximum Gasteiger partial charge on any atom is 0.240 e. The fourth-order valence-electron chi connectivity index (χ4n) is 2.26. The summed E-state index contributed by atoms with van der Waals surface area (Å²) in [7, 11) is -4.22. The summed E-state index contributed by atoms with van der Waals surface area (Å²) < 4.78 is 37.8. The maximum atomic E-state index is 12.0. The van der Waals surface area contributed by atoms with E-state index in [9.17, 15) is 12.6 Å². The van der Waals surface area contributed by atoms with Crippen LogP contribution in [0.25, 0.3) is 0 Å². The van der Waals surface area contributed by atoms with E-state index in [2.05, 4.69) is 10.0 Å². The van der Waals surface area contributed by atoms with Gasteiger partial charge in [-0.25, -0.2) is 13.1 Å². The van der Waals surface area contributed by atoms with Crippen LogP contribution in [-0.4, -0.2) is 36.7 Å². The van der Waals surface area contributed by atoms with E-state index in [-0.39, 0.29) is 10.9 Å². The Hall–Kier alpha value is -1.12. The number of nitrogens with one attached hydrogen (secondary N) is 2. The van der Waals surface area contributed by atoms with Crippen LogP contribution in [0.5, 0.6) is 0 Å². The van der Waals surface area contributed by atoms with E-state index >= 15 is 0 Å². The average Bonchev–Trinajstić information content (AvgIpc) is 2.43. The number of nitrogens with two attached hydrogens (primary N) is 1. The summed E-state index contributed by atoms with van der Waals surface area (Å²) in [6.45, 7) is 2.07. The van der Waals surface area contributed by atoms with Gasteiger partial charge in [0.05, 0.1) is 16.3 Å². The molecule has 0 aliphatic carbocycles. The van der Waals surface area contributed by atoms with Crippen molar-refractivity contribution in [2.45, 2.75) is 30.7 Å². The van der Waals surface area contributed by atoms with Crippen molar-refractivity contribution in [2.75, 3.05) is 29.1 Å². The van der Waals surface area contributed by atoms with Gasteiger partial charge in [0.1, 0.15) is 0 Å². The molecule has 1 aliphatic heterocycles. The van der Waals surface area contributed by atoms with Crippen LogP contribution in [0.1, 0.15) is 19.8 Å². The van der Waals surface area contributed by atoms with Crippen molar-refractivity contribution < 1.29 is 12.6 Å². The predicted molar refractivity (Wildman–Crippen MR) is 86.2 cm³/mol. The third-order valence-electron chi connectivity index (χ3n) is 3.42. The van der Waals surface area contributed by atoms with Gasteiger partial charge in [0.15, 0.2) is 0 Å². The molecule has 1 saturated heterocycles. The van der Waals surface area contributed by atoms with Crippen LogP contribution in [0.4, 0.5) is 11.4 Å². The standard InChI is InChI=1S/C13H21N3O3S2/c1-2-15-21(18,19)11-3-4-12(14)13(9-11)16-10-5-7-20(17)8-6-10/h3-4,9-10,15-16H,2,5-8,14H2,1H3. The average molecular weight is 331 g/mol. The van der Waals surface area contributed by atoms with Crippen LogP contribution >= 0.6 is 0 Å². The minimum Gasteiger partial charge on any atom is -0.397 e. The quantitative estimate of drug-likeness (QED) is 0.696. The van der Waals surface area contributed by atoms with E-state index in [0.29, 0.717) is 29.4 Å². The largest absolute Gasteiger partial charge is 0.397 e. The van der Waals surface area contributed by atoms with Gasteiger partial charge < -0.3 is 11.1 Å². The van der Waals surface area contributed by atoms with Crippen molar-refractivity contribution >= 4 is 32.2 Å². The molecule has 0 aromatic heterocycles. The van der Waals surface area contributed by atoms with Crippen LogP contribution in [0.15, 0.2) is 23.1 Å². The Balaban J connectivity index is 2.18. The molecule has 8 heteroatoms. The summed E-state index contributed by atoms with van der Waals surface area (Å²) in [4.78, 5) is 0.195. The van der Waals surface area contributed by atoms with Crippen molar-refractivity contribution in [3.8, 4) is 0 Å². The van der Waals surface area contributed by atoms with Gasteiger partial charge in [0, 0.05) is 34.9 Å². The topological polar surface area (TPSA) is 101 Å². The molecule has 1 aromatic rings. The van der Waals surface area contributed by atoms with Crippen molar-refractivity contribution in [1.29, 1.82) is 0 Å². The van der Waals surface area contributed by atoms with Crippen LogP contribution in [-0.2, 0) is 20.8 Å². The molecule has 1 aromatic carbocycles. The number of sulfonamides is 1. The van der Waals surface area contributed by atoms with Gasteiger partial charge in [0.25, 0.3) is 0 Å². The Morgan fingerprint density at radius 3 is 2.62 bits per heavy atom. The van der Waals surface area contributed by atoms with Gasteiger partial charge in [-0.1, -0.05) is 6.92 Å². The molecule has 21 heavy (non-hydrogen) atoms. The number of nitrogen functional groups attached to an aromatic ring is 1. The highest BCUT2D eigenvalue weighted by Gasteiger charge is 2.20. The summed E-state index contributed by atoms with van der Waals surface area (Å²) in [5.41, 5.74) is 7.04. The Morgan fingerprint density at radius 2 is 2.00 bits per heavy atom. The minimum absolute atomic E-state index is 0.182. The number of hydrogen-bond acceptors (Lipinski definition) is 5. The molecule has 4 N–H and O–H groups in total. The van der Waals surface area contributed by atoms with Crippen molar-refractivity contribution in [3.05, 3.63) is 18.2 Å². The van der Waals surface area contributed by atoms with Crippen molar-refractivity contribution in [1.82, 2.24) is 4.72 Å². The molecular weight excluding hydrogens is 310 g/mol. The first-order valence-electron chi connectivity index (χ1n) is 6.93.